The number of rotatable bonds is 7. The zero-order valence-corrected chi connectivity index (χ0v) is 20.1. The molecule has 0 saturated heterocycles. The molecular formula is C30H26O3S. The lowest BCUT2D eigenvalue weighted by atomic mass is 9.97. The third-order valence-electron chi connectivity index (χ3n) is 6.20. The van der Waals surface area contributed by atoms with Crippen LogP contribution < -0.4 is 0 Å². The fourth-order valence-electron chi connectivity index (χ4n) is 4.10. The van der Waals surface area contributed by atoms with Crippen molar-refractivity contribution in [3.05, 3.63) is 96.6 Å². The van der Waals surface area contributed by atoms with Crippen LogP contribution in [0.2, 0.25) is 0 Å². The molecule has 3 nitrogen and oxygen atoms in total. The van der Waals surface area contributed by atoms with E-state index in [-0.39, 0.29) is 0 Å². The summed E-state index contributed by atoms with van der Waals surface area (Å²) in [5, 5.41) is 11.5. The number of hydrogen-bond acceptors (Lipinski definition) is 3. The van der Waals surface area contributed by atoms with Crippen molar-refractivity contribution in [3.63, 3.8) is 0 Å². The first-order valence-electron chi connectivity index (χ1n) is 11.3. The molecule has 0 atom stereocenters. The van der Waals surface area contributed by atoms with E-state index in [0.29, 0.717) is 5.75 Å². The summed E-state index contributed by atoms with van der Waals surface area (Å²) in [6, 6.07) is 31.6. The van der Waals surface area contributed by atoms with Gasteiger partial charge < -0.3 is 9.52 Å². The molecule has 0 bridgehead atoms. The molecule has 0 unspecified atom stereocenters. The van der Waals surface area contributed by atoms with Gasteiger partial charge >= 0.3 is 5.97 Å². The van der Waals surface area contributed by atoms with Crippen molar-refractivity contribution in [2.24, 2.45) is 5.41 Å². The molecule has 0 aliphatic carbocycles. The second kappa shape index (κ2) is 9.03. The van der Waals surface area contributed by atoms with Crippen LogP contribution in [0, 0.1) is 5.41 Å². The summed E-state index contributed by atoms with van der Waals surface area (Å²) in [5.74, 6) is 0.636. The van der Waals surface area contributed by atoms with E-state index in [9.17, 15) is 9.90 Å². The van der Waals surface area contributed by atoms with Gasteiger partial charge in [-0.2, -0.15) is 11.8 Å². The molecule has 0 amide bonds. The zero-order valence-electron chi connectivity index (χ0n) is 19.2. The molecule has 0 radical (unpaired) electrons. The normalized spacial score (nSPS) is 11.8. The number of thioether (sulfide) groups is 1. The van der Waals surface area contributed by atoms with E-state index in [2.05, 4.69) is 72.8 Å². The van der Waals surface area contributed by atoms with E-state index in [4.69, 9.17) is 4.42 Å². The molecule has 170 valence electrons. The van der Waals surface area contributed by atoms with E-state index < -0.39 is 11.4 Å². The highest BCUT2D eigenvalue weighted by molar-refractivity contribution is 7.98. The Balaban J connectivity index is 1.33. The van der Waals surface area contributed by atoms with Gasteiger partial charge in [-0.25, -0.2) is 0 Å². The lowest BCUT2D eigenvalue weighted by molar-refractivity contribution is -0.145. The predicted octanol–water partition coefficient (Wildman–Crippen LogP) is 8.26. The summed E-state index contributed by atoms with van der Waals surface area (Å²) in [7, 11) is 0. The van der Waals surface area contributed by atoms with Crippen LogP contribution in [0.5, 0.6) is 0 Å². The second-order valence-corrected chi connectivity index (χ2v) is 10.2. The standard InChI is InChI=1S/C30H26O3S/c1-30(2,29(31)32)19-34-18-20-10-12-21(13-11-20)22-14-16-23(17-15-22)24-7-5-8-26-25-6-3-4-9-27(25)33-28(24)26/h3-17H,18-19H2,1-2H3,(H,31,32). The fraction of sp³-hybridized carbons (Fsp3) is 0.167. The van der Waals surface area contributed by atoms with Crippen molar-refractivity contribution >= 4 is 39.7 Å². The minimum atomic E-state index is -0.754. The lowest BCUT2D eigenvalue weighted by Crippen LogP contribution is -2.26. The Hall–Kier alpha value is -3.50. The Bertz CT molecular complexity index is 1460. The summed E-state index contributed by atoms with van der Waals surface area (Å²) >= 11 is 1.66. The first kappa shape index (κ1) is 22.3. The number of para-hydroxylation sites is 2. The van der Waals surface area contributed by atoms with Gasteiger partial charge in [0.1, 0.15) is 11.2 Å². The van der Waals surface area contributed by atoms with Gasteiger partial charge in [-0.3, -0.25) is 4.79 Å². The fourth-order valence-corrected chi connectivity index (χ4v) is 5.26. The molecule has 34 heavy (non-hydrogen) atoms. The molecule has 4 heteroatoms. The van der Waals surface area contributed by atoms with Crippen LogP contribution >= 0.6 is 11.8 Å². The van der Waals surface area contributed by atoms with Crippen LogP contribution in [0.3, 0.4) is 0 Å². The first-order valence-corrected chi connectivity index (χ1v) is 12.5. The minimum absolute atomic E-state index is 0.587. The second-order valence-electron chi connectivity index (χ2n) is 9.24. The summed E-state index contributed by atoms with van der Waals surface area (Å²) in [6.45, 7) is 3.54. The Labute approximate surface area is 203 Å². The molecule has 1 N–H and O–H groups in total. The molecule has 1 heterocycles. The van der Waals surface area contributed by atoms with Crippen LogP contribution in [0.25, 0.3) is 44.2 Å². The third kappa shape index (κ3) is 4.34. The minimum Gasteiger partial charge on any atom is -0.481 e. The van der Waals surface area contributed by atoms with E-state index >= 15 is 0 Å². The van der Waals surface area contributed by atoms with Gasteiger partial charge in [0.15, 0.2) is 0 Å². The number of furan rings is 1. The van der Waals surface area contributed by atoms with Gasteiger partial charge in [0.05, 0.1) is 5.41 Å². The highest BCUT2D eigenvalue weighted by atomic mass is 32.2. The van der Waals surface area contributed by atoms with Gasteiger partial charge in [-0.05, 0) is 42.2 Å². The average Bonchev–Trinajstić information content (AvgIpc) is 3.23. The van der Waals surface area contributed by atoms with Gasteiger partial charge in [0, 0.05) is 27.8 Å². The van der Waals surface area contributed by atoms with Crippen molar-refractivity contribution in [2.45, 2.75) is 19.6 Å². The number of aliphatic carboxylic acids is 1. The quantitative estimate of drug-likeness (QED) is 0.262. The predicted molar refractivity (Wildman–Crippen MR) is 142 cm³/mol. The van der Waals surface area contributed by atoms with Crippen molar-refractivity contribution in [1.82, 2.24) is 0 Å². The number of carbonyl (C=O) groups is 1. The van der Waals surface area contributed by atoms with Gasteiger partial charge in [0.25, 0.3) is 0 Å². The number of carboxylic acids is 1. The Kier molecular flexibility index (Phi) is 5.93. The number of hydrogen-bond donors (Lipinski definition) is 1. The van der Waals surface area contributed by atoms with E-state index in [0.717, 1.165) is 49.9 Å². The number of fused-ring (bicyclic) bond motifs is 3. The van der Waals surface area contributed by atoms with E-state index in [1.165, 1.54) is 5.56 Å². The highest BCUT2D eigenvalue weighted by Crippen LogP contribution is 2.36. The monoisotopic (exact) mass is 466 g/mol. The third-order valence-corrected chi connectivity index (χ3v) is 7.66. The van der Waals surface area contributed by atoms with Crippen LogP contribution in [0.15, 0.2) is 95.4 Å². The maximum Gasteiger partial charge on any atom is 0.309 e. The first-order chi connectivity index (χ1) is 16.4. The number of carboxylic acid groups (broad SMARTS) is 1. The summed E-state index contributed by atoms with van der Waals surface area (Å²) in [4.78, 5) is 11.3. The van der Waals surface area contributed by atoms with Crippen molar-refractivity contribution in [1.29, 1.82) is 0 Å². The van der Waals surface area contributed by atoms with Gasteiger partial charge in [0.2, 0.25) is 0 Å². The Morgan fingerprint density at radius 2 is 1.41 bits per heavy atom. The molecule has 5 rings (SSSR count). The zero-order chi connectivity index (χ0) is 23.7. The van der Waals surface area contributed by atoms with Crippen LogP contribution in [-0.4, -0.2) is 16.8 Å². The Morgan fingerprint density at radius 3 is 2.12 bits per heavy atom. The van der Waals surface area contributed by atoms with E-state index in [1.54, 1.807) is 25.6 Å². The topological polar surface area (TPSA) is 50.4 Å². The molecule has 4 aromatic carbocycles. The molecule has 0 aliphatic heterocycles. The molecule has 5 aromatic rings. The SMILES string of the molecule is CC(C)(CSCc1ccc(-c2ccc(-c3cccc4c3oc3ccccc34)cc2)cc1)C(=O)O. The number of benzene rings is 4. The van der Waals surface area contributed by atoms with E-state index in [1.807, 2.05) is 18.2 Å². The summed E-state index contributed by atoms with van der Waals surface area (Å²) in [6.07, 6.45) is 0. The molecule has 0 aliphatic rings. The van der Waals surface area contributed by atoms with Crippen molar-refractivity contribution in [3.8, 4) is 22.3 Å². The van der Waals surface area contributed by atoms with Gasteiger partial charge in [-0.15, -0.1) is 0 Å². The molecular weight excluding hydrogens is 440 g/mol. The largest absolute Gasteiger partial charge is 0.481 e. The molecule has 0 saturated carbocycles. The van der Waals surface area contributed by atoms with Crippen LogP contribution in [0.1, 0.15) is 19.4 Å². The van der Waals surface area contributed by atoms with Crippen LogP contribution in [-0.2, 0) is 10.5 Å². The highest BCUT2D eigenvalue weighted by Gasteiger charge is 2.26. The van der Waals surface area contributed by atoms with Crippen molar-refractivity contribution in [2.75, 3.05) is 5.75 Å². The molecule has 0 spiro atoms. The smallest absolute Gasteiger partial charge is 0.309 e. The van der Waals surface area contributed by atoms with Crippen molar-refractivity contribution < 1.29 is 14.3 Å². The maximum atomic E-state index is 11.3. The Morgan fingerprint density at radius 1 is 0.794 bits per heavy atom. The van der Waals surface area contributed by atoms with Gasteiger partial charge in [-0.1, -0.05) is 84.9 Å². The summed E-state index contributed by atoms with van der Waals surface area (Å²) in [5.41, 5.74) is 6.86. The molecule has 0 fully saturated rings. The maximum absolute atomic E-state index is 11.3. The lowest BCUT2D eigenvalue weighted by Gasteiger charge is -2.18. The van der Waals surface area contributed by atoms with Crippen LogP contribution in [0.4, 0.5) is 0 Å². The summed E-state index contributed by atoms with van der Waals surface area (Å²) < 4.78 is 6.20. The molecule has 1 aromatic heterocycles. The average molecular weight is 467 g/mol.